The van der Waals surface area contributed by atoms with Crippen LogP contribution in [0.15, 0.2) is 21.9 Å². The Labute approximate surface area is 142 Å². The average molecular weight is 333 g/mol. The first-order chi connectivity index (χ1) is 11.5. The normalized spacial score (nSPS) is 13.8. The number of hydrogen-bond donors (Lipinski definition) is 1. The summed E-state index contributed by atoms with van der Waals surface area (Å²) >= 11 is 0. The van der Waals surface area contributed by atoms with Crippen LogP contribution in [0.3, 0.4) is 0 Å². The van der Waals surface area contributed by atoms with Gasteiger partial charge in [0.2, 0.25) is 0 Å². The molecule has 132 valence electrons. The maximum absolute atomic E-state index is 12.8. The molecule has 0 fully saturated rings. The third kappa shape index (κ3) is 3.68. The molecule has 0 radical (unpaired) electrons. The number of allylic oxidation sites excluding steroid dienone is 1. The largest absolute Gasteiger partial charge is 0.331 e. The quantitative estimate of drug-likeness (QED) is 0.741. The fourth-order valence-electron chi connectivity index (χ4n) is 3.10. The van der Waals surface area contributed by atoms with Crippen molar-refractivity contribution in [2.75, 3.05) is 0 Å². The van der Waals surface area contributed by atoms with Gasteiger partial charge in [0.25, 0.3) is 11.5 Å². The summed E-state index contributed by atoms with van der Waals surface area (Å²) in [4.78, 5) is 37.9. The lowest BCUT2D eigenvalue weighted by Gasteiger charge is -2.23. The second kappa shape index (κ2) is 8.13. The van der Waals surface area contributed by atoms with Gasteiger partial charge in [0, 0.05) is 25.2 Å². The summed E-state index contributed by atoms with van der Waals surface area (Å²) in [5, 5.41) is 2.65. The van der Waals surface area contributed by atoms with Crippen LogP contribution in [0.2, 0.25) is 0 Å². The van der Waals surface area contributed by atoms with E-state index in [2.05, 4.69) is 25.7 Å². The highest BCUT2D eigenvalue weighted by atomic mass is 16.2. The van der Waals surface area contributed by atoms with E-state index in [0.29, 0.717) is 30.8 Å². The molecule has 0 spiro atoms. The first-order valence-electron chi connectivity index (χ1n) is 8.86. The summed E-state index contributed by atoms with van der Waals surface area (Å²) in [5.41, 5.74) is 0.419. The van der Waals surface area contributed by atoms with Crippen molar-refractivity contribution in [3.8, 4) is 0 Å². The van der Waals surface area contributed by atoms with Gasteiger partial charge in [-0.2, -0.15) is 0 Å². The van der Waals surface area contributed by atoms with Gasteiger partial charge in [-0.3, -0.25) is 18.7 Å². The van der Waals surface area contributed by atoms with E-state index < -0.39 is 5.91 Å². The Morgan fingerprint density at radius 1 is 0.958 bits per heavy atom. The summed E-state index contributed by atoms with van der Waals surface area (Å²) in [6, 6.07) is 0. The molecule has 1 amide bonds. The molecule has 1 aromatic heterocycles. The molecule has 24 heavy (non-hydrogen) atoms. The molecule has 1 N–H and O–H groups in total. The van der Waals surface area contributed by atoms with Gasteiger partial charge in [-0.15, -0.1) is 0 Å². The Bertz CT molecular complexity index is 743. The predicted octanol–water partition coefficient (Wildman–Crippen LogP) is 2.19. The van der Waals surface area contributed by atoms with Crippen molar-refractivity contribution in [1.82, 2.24) is 14.5 Å². The summed E-state index contributed by atoms with van der Waals surface area (Å²) in [6.07, 6.45) is 5.87. The van der Waals surface area contributed by atoms with Gasteiger partial charge in [-0.05, 0) is 12.8 Å². The SMILES string of the molecule is C=C1Cc2c(n(CCCCC)c(=O)n(CCCCC)c2=O)C(=O)N1. The summed E-state index contributed by atoms with van der Waals surface area (Å²) in [5.74, 6) is -0.396. The number of hydrogen-bond acceptors (Lipinski definition) is 3. The van der Waals surface area contributed by atoms with E-state index in [9.17, 15) is 14.4 Å². The molecule has 0 saturated carbocycles. The van der Waals surface area contributed by atoms with Crippen molar-refractivity contribution in [3.05, 3.63) is 44.4 Å². The average Bonchev–Trinajstić information content (AvgIpc) is 2.54. The minimum Gasteiger partial charge on any atom is -0.325 e. The van der Waals surface area contributed by atoms with Crippen LogP contribution in [0.25, 0.3) is 0 Å². The number of carbonyl (C=O) groups is 1. The zero-order chi connectivity index (χ0) is 17.7. The number of nitrogens with zero attached hydrogens (tertiary/aromatic N) is 2. The van der Waals surface area contributed by atoms with Gasteiger partial charge in [-0.25, -0.2) is 4.79 Å². The first-order valence-corrected chi connectivity index (χ1v) is 8.86. The molecule has 1 aliphatic heterocycles. The Kier molecular flexibility index (Phi) is 6.17. The third-order valence-electron chi connectivity index (χ3n) is 4.39. The second-order valence-corrected chi connectivity index (χ2v) is 6.37. The van der Waals surface area contributed by atoms with E-state index >= 15 is 0 Å². The van der Waals surface area contributed by atoms with Crippen molar-refractivity contribution in [2.24, 2.45) is 0 Å². The number of unbranched alkanes of at least 4 members (excludes halogenated alkanes) is 4. The number of carbonyl (C=O) groups excluding carboxylic acids is 1. The number of fused-ring (bicyclic) bond motifs is 1. The van der Waals surface area contributed by atoms with Crippen LogP contribution < -0.4 is 16.6 Å². The summed E-state index contributed by atoms with van der Waals surface area (Å²) in [6.45, 7) is 8.79. The summed E-state index contributed by atoms with van der Waals surface area (Å²) < 4.78 is 2.78. The van der Waals surface area contributed by atoms with Gasteiger partial charge >= 0.3 is 5.69 Å². The van der Waals surface area contributed by atoms with Crippen molar-refractivity contribution >= 4 is 5.91 Å². The Hall–Kier alpha value is -2.11. The first kappa shape index (κ1) is 18.2. The molecule has 0 atom stereocenters. The molecule has 2 rings (SSSR count). The van der Waals surface area contributed by atoms with Crippen LogP contribution in [-0.2, 0) is 19.5 Å². The molecule has 6 heteroatoms. The Morgan fingerprint density at radius 2 is 1.54 bits per heavy atom. The van der Waals surface area contributed by atoms with Crippen molar-refractivity contribution in [2.45, 2.75) is 71.9 Å². The summed E-state index contributed by atoms with van der Waals surface area (Å²) in [7, 11) is 0. The van der Waals surface area contributed by atoms with Crippen molar-refractivity contribution in [1.29, 1.82) is 0 Å². The molecule has 0 aromatic carbocycles. The van der Waals surface area contributed by atoms with Crippen molar-refractivity contribution in [3.63, 3.8) is 0 Å². The fraction of sp³-hybridized carbons (Fsp3) is 0.611. The van der Waals surface area contributed by atoms with Crippen LogP contribution in [0.1, 0.15) is 68.4 Å². The lowest BCUT2D eigenvalue weighted by atomic mass is 10.0. The monoisotopic (exact) mass is 333 g/mol. The van der Waals surface area contributed by atoms with Gasteiger partial charge in [-0.1, -0.05) is 46.1 Å². The number of rotatable bonds is 8. The standard InChI is InChI=1S/C18H27N3O3/c1-4-6-8-10-20-15-14(12-13(3)19-16(15)22)17(23)21(18(20)24)11-9-7-5-2/h3-12H2,1-2H3,(H,19,22). The highest BCUT2D eigenvalue weighted by Gasteiger charge is 2.28. The predicted molar refractivity (Wildman–Crippen MR) is 94.3 cm³/mol. The molecule has 0 unspecified atom stereocenters. The number of nitrogens with one attached hydrogen (secondary N) is 1. The molecule has 0 aliphatic carbocycles. The molecule has 2 heterocycles. The third-order valence-corrected chi connectivity index (χ3v) is 4.39. The maximum Gasteiger partial charge on any atom is 0.331 e. The lowest BCUT2D eigenvalue weighted by Crippen LogP contribution is -2.48. The number of aromatic nitrogens is 2. The van der Waals surface area contributed by atoms with E-state index in [1.165, 1.54) is 9.13 Å². The molecule has 1 aliphatic rings. The zero-order valence-corrected chi connectivity index (χ0v) is 14.7. The zero-order valence-electron chi connectivity index (χ0n) is 14.7. The maximum atomic E-state index is 12.8. The van der Waals surface area contributed by atoms with E-state index in [4.69, 9.17) is 0 Å². The van der Waals surface area contributed by atoms with E-state index in [-0.39, 0.29) is 16.9 Å². The van der Waals surface area contributed by atoms with Gasteiger partial charge < -0.3 is 5.32 Å². The molecule has 6 nitrogen and oxygen atoms in total. The van der Waals surface area contributed by atoms with Crippen molar-refractivity contribution < 1.29 is 4.79 Å². The highest BCUT2D eigenvalue weighted by molar-refractivity contribution is 5.96. The van der Waals surface area contributed by atoms with E-state index in [0.717, 1.165) is 38.5 Å². The van der Waals surface area contributed by atoms with Gasteiger partial charge in [0.15, 0.2) is 0 Å². The smallest absolute Gasteiger partial charge is 0.325 e. The van der Waals surface area contributed by atoms with Gasteiger partial charge in [0.1, 0.15) is 5.69 Å². The lowest BCUT2D eigenvalue weighted by molar-refractivity contribution is 0.0945. The highest BCUT2D eigenvalue weighted by Crippen LogP contribution is 2.14. The van der Waals surface area contributed by atoms with E-state index in [1.807, 2.05) is 0 Å². The molecule has 1 aromatic rings. The van der Waals surface area contributed by atoms with Crippen LogP contribution in [0.4, 0.5) is 0 Å². The van der Waals surface area contributed by atoms with E-state index in [1.54, 1.807) is 0 Å². The molecule has 0 bridgehead atoms. The second-order valence-electron chi connectivity index (χ2n) is 6.37. The van der Waals surface area contributed by atoms with Crippen LogP contribution >= 0.6 is 0 Å². The Balaban J connectivity index is 2.54. The Morgan fingerprint density at radius 3 is 2.12 bits per heavy atom. The van der Waals surface area contributed by atoms with Gasteiger partial charge in [0.05, 0.1) is 5.56 Å². The fourth-order valence-corrected chi connectivity index (χ4v) is 3.10. The minimum absolute atomic E-state index is 0.222. The van der Waals surface area contributed by atoms with Crippen LogP contribution in [-0.4, -0.2) is 15.0 Å². The topological polar surface area (TPSA) is 73.1 Å². The molecular formula is C18H27N3O3. The minimum atomic E-state index is -0.396. The van der Waals surface area contributed by atoms with Crippen LogP contribution in [0.5, 0.6) is 0 Å². The molecular weight excluding hydrogens is 306 g/mol. The molecule has 0 saturated heterocycles. The van der Waals surface area contributed by atoms with Crippen LogP contribution in [0, 0.1) is 0 Å². The number of amides is 1.